The van der Waals surface area contributed by atoms with E-state index in [1.807, 2.05) is 61.5 Å². The van der Waals surface area contributed by atoms with Gasteiger partial charge >= 0.3 is 0 Å². The van der Waals surface area contributed by atoms with E-state index in [1.165, 1.54) is 5.56 Å². The first-order valence-electron chi connectivity index (χ1n) is 8.57. The van der Waals surface area contributed by atoms with Crippen molar-refractivity contribution < 1.29 is 4.79 Å². The molecule has 0 aliphatic heterocycles. The summed E-state index contributed by atoms with van der Waals surface area (Å²) < 4.78 is 0. The first-order chi connectivity index (χ1) is 12.6. The third kappa shape index (κ3) is 4.89. The van der Waals surface area contributed by atoms with Crippen molar-refractivity contribution in [2.24, 2.45) is 0 Å². The van der Waals surface area contributed by atoms with Gasteiger partial charge in [0.2, 0.25) is 0 Å². The SMILES string of the molecule is Cc1ccc(CNC(=O)c2cc(NCc3ccccc3)nc(C)n2)cc1. The highest BCUT2D eigenvalue weighted by atomic mass is 16.1. The van der Waals surface area contributed by atoms with Crippen LogP contribution < -0.4 is 10.6 Å². The molecule has 0 radical (unpaired) electrons. The van der Waals surface area contributed by atoms with Crippen molar-refractivity contribution >= 4 is 11.7 Å². The van der Waals surface area contributed by atoms with Gasteiger partial charge in [-0.25, -0.2) is 9.97 Å². The summed E-state index contributed by atoms with van der Waals surface area (Å²) >= 11 is 0. The Kier molecular flexibility index (Phi) is 5.59. The smallest absolute Gasteiger partial charge is 0.270 e. The zero-order chi connectivity index (χ0) is 18.4. The molecule has 0 aliphatic rings. The largest absolute Gasteiger partial charge is 0.366 e. The molecular formula is C21H22N4O. The summed E-state index contributed by atoms with van der Waals surface area (Å²) in [4.78, 5) is 21.0. The predicted octanol–water partition coefficient (Wildman–Crippen LogP) is 3.64. The first-order valence-corrected chi connectivity index (χ1v) is 8.57. The molecule has 0 bridgehead atoms. The summed E-state index contributed by atoms with van der Waals surface area (Å²) in [6, 6.07) is 19.8. The van der Waals surface area contributed by atoms with Crippen LogP contribution in [-0.2, 0) is 13.1 Å². The van der Waals surface area contributed by atoms with Crippen LogP contribution in [0.2, 0.25) is 0 Å². The number of carbonyl (C=O) groups is 1. The molecule has 132 valence electrons. The molecular weight excluding hydrogens is 324 g/mol. The molecule has 0 atom stereocenters. The lowest BCUT2D eigenvalue weighted by Crippen LogP contribution is -2.24. The standard InChI is InChI=1S/C21H22N4O/c1-15-8-10-18(11-9-15)14-23-21(26)19-12-20(25-16(2)24-19)22-13-17-6-4-3-5-7-17/h3-12H,13-14H2,1-2H3,(H,23,26)(H,22,24,25). The fraction of sp³-hybridized carbons (Fsp3) is 0.190. The van der Waals surface area contributed by atoms with E-state index in [0.717, 1.165) is 11.1 Å². The minimum absolute atomic E-state index is 0.209. The third-order valence-electron chi connectivity index (χ3n) is 3.96. The van der Waals surface area contributed by atoms with Gasteiger partial charge in [-0.2, -0.15) is 0 Å². The molecule has 1 heterocycles. The fourth-order valence-corrected chi connectivity index (χ4v) is 2.54. The molecule has 3 aromatic rings. The van der Waals surface area contributed by atoms with E-state index in [-0.39, 0.29) is 5.91 Å². The second kappa shape index (κ2) is 8.25. The molecule has 0 fully saturated rings. The summed E-state index contributed by atoms with van der Waals surface area (Å²) in [5.74, 6) is 0.990. The van der Waals surface area contributed by atoms with Crippen molar-refractivity contribution in [2.45, 2.75) is 26.9 Å². The number of anilines is 1. The molecule has 0 spiro atoms. The quantitative estimate of drug-likeness (QED) is 0.715. The van der Waals surface area contributed by atoms with E-state index < -0.39 is 0 Å². The van der Waals surface area contributed by atoms with Gasteiger partial charge in [0, 0.05) is 19.2 Å². The Balaban J connectivity index is 1.64. The maximum Gasteiger partial charge on any atom is 0.270 e. The number of nitrogens with one attached hydrogen (secondary N) is 2. The lowest BCUT2D eigenvalue weighted by Gasteiger charge is -2.09. The summed E-state index contributed by atoms with van der Waals surface area (Å²) in [6.45, 7) is 4.93. The van der Waals surface area contributed by atoms with Crippen LogP contribution in [0.4, 0.5) is 5.82 Å². The number of nitrogens with zero attached hydrogens (tertiary/aromatic N) is 2. The van der Waals surface area contributed by atoms with Crippen LogP contribution in [0, 0.1) is 13.8 Å². The number of aromatic nitrogens is 2. The summed E-state index contributed by atoms with van der Waals surface area (Å²) in [5.41, 5.74) is 3.76. The Bertz CT molecular complexity index is 876. The zero-order valence-electron chi connectivity index (χ0n) is 15.0. The van der Waals surface area contributed by atoms with Gasteiger partial charge in [-0.15, -0.1) is 0 Å². The van der Waals surface area contributed by atoms with Crippen LogP contribution >= 0.6 is 0 Å². The average Bonchev–Trinajstić information content (AvgIpc) is 2.66. The summed E-state index contributed by atoms with van der Waals surface area (Å²) in [5, 5.41) is 6.15. The van der Waals surface area contributed by atoms with Crippen molar-refractivity contribution in [2.75, 3.05) is 5.32 Å². The number of hydrogen-bond donors (Lipinski definition) is 2. The average molecular weight is 346 g/mol. The highest BCUT2D eigenvalue weighted by molar-refractivity contribution is 5.92. The van der Waals surface area contributed by atoms with Gasteiger partial charge in [0.1, 0.15) is 17.3 Å². The number of benzene rings is 2. The molecule has 0 saturated heterocycles. The van der Waals surface area contributed by atoms with Gasteiger partial charge in [0.15, 0.2) is 0 Å². The topological polar surface area (TPSA) is 66.9 Å². The van der Waals surface area contributed by atoms with Gasteiger partial charge in [-0.3, -0.25) is 4.79 Å². The minimum Gasteiger partial charge on any atom is -0.366 e. The summed E-state index contributed by atoms with van der Waals surface area (Å²) in [7, 11) is 0. The van der Waals surface area contributed by atoms with Gasteiger partial charge in [-0.1, -0.05) is 60.2 Å². The molecule has 0 aliphatic carbocycles. The number of amides is 1. The van der Waals surface area contributed by atoms with Crippen molar-refractivity contribution in [3.63, 3.8) is 0 Å². The molecule has 2 aromatic carbocycles. The number of carbonyl (C=O) groups excluding carboxylic acids is 1. The number of rotatable bonds is 6. The lowest BCUT2D eigenvalue weighted by atomic mass is 10.1. The maximum atomic E-state index is 12.4. The van der Waals surface area contributed by atoms with E-state index >= 15 is 0 Å². The number of aryl methyl sites for hydroxylation is 2. The highest BCUT2D eigenvalue weighted by Gasteiger charge is 2.10. The van der Waals surface area contributed by atoms with Crippen molar-refractivity contribution in [3.8, 4) is 0 Å². The molecule has 3 rings (SSSR count). The molecule has 2 N–H and O–H groups in total. The van der Waals surface area contributed by atoms with E-state index in [9.17, 15) is 4.79 Å². The second-order valence-electron chi connectivity index (χ2n) is 6.19. The van der Waals surface area contributed by atoms with E-state index in [2.05, 4.69) is 20.6 Å². The molecule has 1 aromatic heterocycles. The van der Waals surface area contributed by atoms with E-state index in [0.29, 0.717) is 30.4 Å². The molecule has 1 amide bonds. The Morgan fingerprint density at radius 2 is 1.58 bits per heavy atom. The lowest BCUT2D eigenvalue weighted by molar-refractivity contribution is 0.0945. The van der Waals surface area contributed by atoms with Gasteiger partial charge in [-0.05, 0) is 25.0 Å². The number of hydrogen-bond acceptors (Lipinski definition) is 4. The van der Waals surface area contributed by atoms with Crippen molar-refractivity contribution in [1.29, 1.82) is 0 Å². The fourth-order valence-electron chi connectivity index (χ4n) is 2.54. The monoisotopic (exact) mass is 346 g/mol. The first kappa shape index (κ1) is 17.6. The normalized spacial score (nSPS) is 10.4. The minimum atomic E-state index is -0.209. The molecule has 5 nitrogen and oxygen atoms in total. The second-order valence-corrected chi connectivity index (χ2v) is 6.19. The van der Waals surface area contributed by atoms with Crippen molar-refractivity contribution in [3.05, 3.63) is 88.9 Å². The van der Waals surface area contributed by atoms with Crippen LogP contribution in [0.25, 0.3) is 0 Å². The van der Waals surface area contributed by atoms with Crippen LogP contribution in [0.5, 0.6) is 0 Å². The Morgan fingerprint density at radius 1 is 0.885 bits per heavy atom. The van der Waals surface area contributed by atoms with Gasteiger partial charge in [0.05, 0.1) is 0 Å². The Morgan fingerprint density at radius 3 is 2.31 bits per heavy atom. The summed E-state index contributed by atoms with van der Waals surface area (Å²) in [6.07, 6.45) is 0. The molecule has 5 heteroatoms. The predicted molar refractivity (Wildman–Crippen MR) is 103 cm³/mol. The Hall–Kier alpha value is -3.21. The highest BCUT2D eigenvalue weighted by Crippen LogP contribution is 2.10. The van der Waals surface area contributed by atoms with Crippen molar-refractivity contribution in [1.82, 2.24) is 15.3 Å². The Labute approximate surface area is 153 Å². The van der Waals surface area contributed by atoms with Gasteiger partial charge in [0.25, 0.3) is 5.91 Å². The van der Waals surface area contributed by atoms with E-state index in [1.54, 1.807) is 13.0 Å². The molecule has 26 heavy (non-hydrogen) atoms. The third-order valence-corrected chi connectivity index (χ3v) is 3.96. The van der Waals surface area contributed by atoms with Crippen LogP contribution in [0.1, 0.15) is 33.0 Å². The van der Waals surface area contributed by atoms with Crippen LogP contribution in [0.3, 0.4) is 0 Å². The van der Waals surface area contributed by atoms with Gasteiger partial charge < -0.3 is 10.6 Å². The van der Waals surface area contributed by atoms with Crippen LogP contribution in [0.15, 0.2) is 60.7 Å². The maximum absolute atomic E-state index is 12.4. The zero-order valence-corrected chi connectivity index (χ0v) is 15.0. The molecule has 0 saturated carbocycles. The molecule has 0 unspecified atom stereocenters. The van der Waals surface area contributed by atoms with Crippen LogP contribution in [-0.4, -0.2) is 15.9 Å². The van der Waals surface area contributed by atoms with E-state index in [4.69, 9.17) is 0 Å².